The minimum Gasteiger partial charge on any atom is -0.334 e. The monoisotopic (exact) mass is 184 g/mol. The first-order valence-corrected chi connectivity index (χ1v) is 4.72. The predicted molar refractivity (Wildman–Crippen MR) is 50.8 cm³/mol. The molecule has 2 nitrogen and oxygen atoms in total. The topological polar surface area (TPSA) is 17.0 Å². The summed E-state index contributed by atoms with van der Waals surface area (Å²) in [5, 5.41) is 4.26. The average Bonchev–Trinajstić information content (AvgIpc) is 2.30. The van der Waals surface area contributed by atoms with Crippen LogP contribution in [0.1, 0.15) is 11.3 Å². The van der Waals surface area contributed by atoms with Crippen molar-refractivity contribution in [2.75, 3.05) is 13.1 Å². The Labute approximate surface area is 77.5 Å². The van der Waals surface area contributed by atoms with Crippen LogP contribution in [0.4, 0.5) is 0 Å². The van der Waals surface area contributed by atoms with E-state index in [1.54, 1.807) is 0 Å². The highest BCUT2D eigenvalue weighted by Crippen LogP contribution is 2.21. The Hall–Kier alpha value is -0.470. The van der Waals surface area contributed by atoms with E-state index < -0.39 is 0 Å². The van der Waals surface area contributed by atoms with Gasteiger partial charge in [0.2, 0.25) is 0 Å². The van der Waals surface area contributed by atoms with Crippen molar-refractivity contribution in [1.29, 1.82) is 0 Å². The molecule has 0 unspecified atom stereocenters. The first-order valence-electron chi connectivity index (χ1n) is 4.34. The maximum Gasteiger partial charge on any atom is 0.112 e. The standard InChI is InChI=1S/C9H13ClN2/c1-7-6-8-2-3-11-4-5-12(8)9(7)10/h6,11H,2-5H2,1H3. The van der Waals surface area contributed by atoms with E-state index in [-0.39, 0.29) is 0 Å². The Morgan fingerprint density at radius 1 is 1.50 bits per heavy atom. The van der Waals surface area contributed by atoms with E-state index in [9.17, 15) is 0 Å². The zero-order valence-electron chi connectivity index (χ0n) is 7.23. The number of halogens is 1. The maximum atomic E-state index is 6.13. The van der Waals surface area contributed by atoms with Crippen molar-refractivity contribution in [2.24, 2.45) is 0 Å². The Morgan fingerprint density at radius 2 is 2.33 bits per heavy atom. The van der Waals surface area contributed by atoms with Crippen molar-refractivity contribution in [3.8, 4) is 0 Å². The van der Waals surface area contributed by atoms with Crippen LogP contribution >= 0.6 is 11.6 Å². The highest BCUT2D eigenvalue weighted by atomic mass is 35.5. The number of aromatic nitrogens is 1. The molecule has 1 aromatic heterocycles. The molecule has 0 radical (unpaired) electrons. The molecule has 0 fully saturated rings. The third-order valence-corrected chi connectivity index (χ3v) is 2.86. The van der Waals surface area contributed by atoms with Crippen LogP contribution in [0.2, 0.25) is 5.15 Å². The van der Waals surface area contributed by atoms with E-state index in [2.05, 4.69) is 22.9 Å². The molecule has 66 valence electrons. The summed E-state index contributed by atoms with van der Waals surface area (Å²) in [5.41, 5.74) is 2.57. The van der Waals surface area contributed by atoms with Crippen LogP contribution in [-0.2, 0) is 13.0 Å². The number of nitrogens with one attached hydrogen (secondary N) is 1. The Morgan fingerprint density at radius 3 is 3.17 bits per heavy atom. The van der Waals surface area contributed by atoms with Crippen molar-refractivity contribution < 1.29 is 0 Å². The molecule has 0 aliphatic carbocycles. The van der Waals surface area contributed by atoms with Crippen LogP contribution in [0.3, 0.4) is 0 Å². The Bertz CT molecular complexity index is 291. The van der Waals surface area contributed by atoms with Crippen molar-refractivity contribution in [2.45, 2.75) is 19.9 Å². The van der Waals surface area contributed by atoms with Gasteiger partial charge < -0.3 is 9.88 Å². The third kappa shape index (κ3) is 1.25. The highest BCUT2D eigenvalue weighted by molar-refractivity contribution is 6.30. The van der Waals surface area contributed by atoms with E-state index in [1.807, 2.05) is 0 Å². The molecular weight excluding hydrogens is 172 g/mol. The molecular formula is C9H13ClN2. The molecule has 0 aromatic carbocycles. The third-order valence-electron chi connectivity index (χ3n) is 2.36. The summed E-state index contributed by atoms with van der Waals surface area (Å²) in [6, 6.07) is 2.19. The van der Waals surface area contributed by atoms with E-state index in [0.29, 0.717) is 0 Å². The van der Waals surface area contributed by atoms with Crippen molar-refractivity contribution in [3.05, 3.63) is 22.5 Å². The van der Waals surface area contributed by atoms with Gasteiger partial charge in [-0.15, -0.1) is 0 Å². The van der Waals surface area contributed by atoms with Crippen LogP contribution in [0.15, 0.2) is 6.07 Å². The molecule has 2 rings (SSSR count). The lowest BCUT2D eigenvalue weighted by atomic mass is 10.3. The van der Waals surface area contributed by atoms with Gasteiger partial charge >= 0.3 is 0 Å². The summed E-state index contributed by atoms with van der Waals surface area (Å²) in [4.78, 5) is 0. The van der Waals surface area contributed by atoms with E-state index >= 15 is 0 Å². The molecule has 0 saturated heterocycles. The molecule has 0 spiro atoms. The number of nitrogens with zero attached hydrogens (tertiary/aromatic N) is 1. The summed E-state index contributed by atoms with van der Waals surface area (Å²) in [6.07, 6.45) is 1.09. The van der Waals surface area contributed by atoms with Gasteiger partial charge in [-0.2, -0.15) is 0 Å². The second-order valence-electron chi connectivity index (χ2n) is 3.26. The summed E-state index contributed by atoms with van der Waals surface area (Å²) in [5.74, 6) is 0. The number of aryl methyl sites for hydroxylation is 1. The molecule has 3 heteroatoms. The lowest BCUT2D eigenvalue weighted by Crippen LogP contribution is -2.17. The van der Waals surface area contributed by atoms with Crippen molar-refractivity contribution in [1.82, 2.24) is 9.88 Å². The van der Waals surface area contributed by atoms with E-state index in [4.69, 9.17) is 11.6 Å². The maximum absolute atomic E-state index is 6.13. The predicted octanol–water partition coefficient (Wildman–Crippen LogP) is 1.60. The van der Waals surface area contributed by atoms with Gasteiger partial charge in [0.05, 0.1) is 0 Å². The minimum atomic E-state index is 0.911. The molecule has 12 heavy (non-hydrogen) atoms. The smallest absolute Gasteiger partial charge is 0.112 e. The number of hydrogen-bond acceptors (Lipinski definition) is 1. The van der Waals surface area contributed by atoms with Crippen LogP contribution < -0.4 is 5.32 Å². The Balaban J connectivity index is 2.42. The fourth-order valence-electron chi connectivity index (χ4n) is 1.71. The van der Waals surface area contributed by atoms with Gasteiger partial charge in [0.15, 0.2) is 0 Å². The molecule has 0 atom stereocenters. The van der Waals surface area contributed by atoms with Crippen LogP contribution in [0, 0.1) is 6.92 Å². The van der Waals surface area contributed by atoms with Gasteiger partial charge in [0.25, 0.3) is 0 Å². The van der Waals surface area contributed by atoms with Gasteiger partial charge in [-0.3, -0.25) is 0 Å². The lowest BCUT2D eigenvalue weighted by molar-refractivity contribution is 0.646. The quantitative estimate of drug-likeness (QED) is 0.648. The van der Waals surface area contributed by atoms with Crippen molar-refractivity contribution >= 4 is 11.6 Å². The second-order valence-corrected chi connectivity index (χ2v) is 3.62. The van der Waals surface area contributed by atoms with Crippen LogP contribution in [0.5, 0.6) is 0 Å². The molecule has 1 aromatic rings. The SMILES string of the molecule is Cc1cc2n(c1Cl)CCNCC2. The van der Waals surface area contributed by atoms with Crippen molar-refractivity contribution in [3.63, 3.8) is 0 Å². The van der Waals surface area contributed by atoms with Crippen LogP contribution in [0.25, 0.3) is 0 Å². The molecule has 1 N–H and O–H groups in total. The van der Waals surface area contributed by atoms with Gasteiger partial charge in [-0.05, 0) is 18.6 Å². The summed E-state index contributed by atoms with van der Waals surface area (Å²) in [7, 11) is 0. The zero-order chi connectivity index (χ0) is 8.55. The lowest BCUT2D eigenvalue weighted by Gasteiger charge is -2.04. The average molecular weight is 185 g/mol. The van der Waals surface area contributed by atoms with Gasteiger partial charge in [0, 0.05) is 31.7 Å². The first kappa shape index (κ1) is 8.14. The molecule has 1 aliphatic heterocycles. The normalized spacial score (nSPS) is 17.2. The van der Waals surface area contributed by atoms with Crippen LogP contribution in [-0.4, -0.2) is 17.7 Å². The minimum absolute atomic E-state index is 0.911. The largest absolute Gasteiger partial charge is 0.334 e. The zero-order valence-corrected chi connectivity index (χ0v) is 7.99. The molecule has 1 aliphatic rings. The fraction of sp³-hybridized carbons (Fsp3) is 0.556. The number of hydrogen-bond donors (Lipinski definition) is 1. The molecule has 0 saturated carbocycles. The Kier molecular flexibility index (Phi) is 2.11. The summed E-state index contributed by atoms with van der Waals surface area (Å²) in [6.45, 7) is 5.17. The summed E-state index contributed by atoms with van der Waals surface area (Å²) < 4.78 is 2.21. The van der Waals surface area contributed by atoms with Gasteiger partial charge in [-0.25, -0.2) is 0 Å². The number of fused-ring (bicyclic) bond motifs is 1. The van der Waals surface area contributed by atoms with E-state index in [0.717, 1.165) is 31.2 Å². The molecule has 0 amide bonds. The van der Waals surface area contributed by atoms with E-state index in [1.165, 1.54) is 11.3 Å². The fourth-order valence-corrected chi connectivity index (χ4v) is 1.96. The highest BCUT2D eigenvalue weighted by Gasteiger charge is 2.11. The first-order chi connectivity index (χ1) is 5.79. The molecule has 0 bridgehead atoms. The summed E-state index contributed by atoms with van der Waals surface area (Å²) >= 11 is 6.13. The second kappa shape index (κ2) is 3.11. The molecule has 2 heterocycles. The van der Waals surface area contributed by atoms with Gasteiger partial charge in [0.1, 0.15) is 5.15 Å². The number of rotatable bonds is 0. The van der Waals surface area contributed by atoms with Gasteiger partial charge in [-0.1, -0.05) is 11.6 Å².